The lowest BCUT2D eigenvalue weighted by Gasteiger charge is -2.12. The molecule has 33 heavy (non-hydrogen) atoms. The minimum Gasteiger partial charge on any atom is -0.463 e. The number of aromatic nitrogens is 4. The second-order valence-corrected chi connectivity index (χ2v) is 7.68. The van der Waals surface area contributed by atoms with E-state index >= 15 is 0 Å². The summed E-state index contributed by atoms with van der Waals surface area (Å²) in [6, 6.07) is 18.1. The molecule has 4 heterocycles. The first-order valence-electron chi connectivity index (χ1n) is 10.5. The van der Waals surface area contributed by atoms with Crippen LogP contribution >= 0.6 is 0 Å². The van der Waals surface area contributed by atoms with E-state index in [1.165, 1.54) is 0 Å². The number of benzene rings is 1. The first-order chi connectivity index (χ1) is 16.1. The van der Waals surface area contributed by atoms with Crippen LogP contribution in [0.1, 0.15) is 30.2 Å². The van der Waals surface area contributed by atoms with E-state index in [1.54, 1.807) is 53.7 Å². The molecule has 0 saturated heterocycles. The van der Waals surface area contributed by atoms with Gasteiger partial charge >= 0.3 is 0 Å². The van der Waals surface area contributed by atoms with Crippen LogP contribution in [-0.4, -0.2) is 25.7 Å². The van der Waals surface area contributed by atoms with Gasteiger partial charge in [0.15, 0.2) is 11.4 Å². The van der Waals surface area contributed by atoms with E-state index in [9.17, 15) is 4.79 Å². The van der Waals surface area contributed by atoms with Crippen molar-refractivity contribution in [2.75, 3.05) is 5.32 Å². The van der Waals surface area contributed by atoms with Crippen molar-refractivity contribution < 1.29 is 13.9 Å². The molecular formula is C25H21N5O3. The second kappa shape index (κ2) is 8.58. The number of pyridine rings is 2. The van der Waals surface area contributed by atoms with Crippen molar-refractivity contribution in [2.45, 2.75) is 19.9 Å². The van der Waals surface area contributed by atoms with Gasteiger partial charge in [-0.15, -0.1) is 0 Å². The van der Waals surface area contributed by atoms with Gasteiger partial charge in [-0.2, -0.15) is 5.10 Å². The highest BCUT2D eigenvalue weighted by Crippen LogP contribution is 2.30. The molecule has 5 rings (SSSR count). The van der Waals surface area contributed by atoms with E-state index in [1.807, 2.05) is 44.2 Å². The number of hydrogen-bond acceptors (Lipinski definition) is 6. The zero-order chi connectivity index (χ0) is 22.8. The average Bonchev–Trinajstić information content (AvgIpc) is 3.50. The van der Waals surface area contributed by atoms with E-state index in [0.717, 1.165) is 0 Å². The zero-order valence-electron chi connectivity index (χ0n) is 18.1. The Morgan fingerprint density at radius 1 is 1.09 bits per heavy atom. The number of amides is 1. The monoisotopic (exact) mass is 439 g/mol. The Morgan fingerprint density at radius 3 is 2.70 bits per heavy atom. The largest absolute Gasteiger partial charge is 0.463 e. The molecule has 8 heteroatoms. The summed E-state index contributed by atoms with van der Waals surface area (Å²) in [6.45, 7) is 4.02. The van der Waals surface area contributed by atoms with Gasteiger partial charge in [-0.25, -0.2) is 14.6 Å². The van der Waals surface area contributed by atoms with Gasteiger partial charge in [0.25, 0.3) is 5.91 Å². The topological polar surface area (TPSA) is 95.1 Å². The maximum absolute atomic E-state index is 13.4. The third kappa shape index (κ3) is 4.06. The fraction of sp³-hybridized carbons (Fsp3) is 0.120. The summed E-state index contributed by atoms with van der Waals surface area (Å²) in [4.78, 5) is 22.4. The highest BCUT2D eigenvalue weighted by Gasteiger charge is 2.20. The molecule has 4 aromatic heterocycles. The number of carbonyl (C=O) groups is 1. The van der Waals surface area contributed by atoms with E-state index in [-0.39, 0.29) is 11.9 Å². The van der Waals surface area contributed by atoms with Gasteiger partial charge in [0.1, 0.15) is 17.1 Å². The Kier molecular flexibility index (Phi) is 5.32. The number of nitrogens with zero attached hydrogens (tertiary/aromatic N) is 4. The molecule has 0 aliphatic rings. The first-order valence-corrected chi connectivity index (χ1v) is 10.5. The number of para-hydroxylation sites is 1. The fourth-order valence-corrected chi connectivity index (χ4v) is 3.49. The summed E-state index contributed by atoms with van der Waals surface area (Å²) in [7, 11) is 0. The lowest BCUT2D eigenvalue weighted by molar-refractivity contribution is 0.102. The summed E-state index contributed by atoms with van der Waals surface area (Å²) in [5, 5.41) is 8.02. The van der Waals surface area contributed by atoms with Gasteiger partial charge in [0.05, 0.1) is 23.4 Å². The van der Waals surface area contributed by atoms with Crippen molar-refractivity contribution in [2.24, 2.45) is 0 Å². The molecular weight excluding hydrogens is 418 g/mol. The first kappa shape index (κ1) is 20.4. The van der Waals surface area contributed by atoms with Crippen LogP contribution in [-0.2, 0) is 0 Å². The Morgan fingerprint density at radius 2 is 1.94 bits per heavy atom. The SMILES string of the molecule is CC(C)n1ncc2c(C(=O)Nc3cccnc3Oc3ccccc3)cc(-c3ccco3)nc21. The number of hydrogen-bond donors (Lipinski definition) is 1. The summed E-state index contributed by atoms with van der Waals surface area (Å²) in [5.74, 6) is 1.16. The minimum absolute atomic E-state index is 0.0713. The van der Waals surface area contributed by atoms with Gasteiger partial charge in [0.2, 0.25) is 5.88 Å². The molecule has 0 radical (unpaired) electrons. The maximum atomic E-state index is 13.4. The summed E-state index contributed by atoms with van der Waals surface area (Å²) in [5.41, 5.74) is 2.03. The quantitative estimate of drug-likeness (QED) is 0.364. The van der Waals surface area contributed by atoms with E-state index in [0.29, 0.717) is 45.4 Å². The smallest absolute Gasteiger partial charge is 0.256 e. The van der Waals surface area contributed by atoms with Crippen LogP contribution in [0.25, 0.3) is 22.5 Å². The van der Waals surface area contributed by atoms with Crippen molar-refractivity contribution in [3.63, 3.8) is 0 Å². The van der Waals surface area contributed by atoms with Crippen LogP contribution in [0.2, 0.25) is 0 Å². The Labute approximate surface area is 189 Å². The number of rotatable bonds is 6. The summed E-state index contributed by atoms with van der Waals surface area (Å²) >= 11 is 0. The predicted molar refractivity (Wildman–Crippen MR) is 124 cm³/mol. The molecule has 164 valence electrons. The Hall–Kier alpha value is -4.46. The number of furan rings is 1. The molecule has 0 atom stereocenters. The van der Waals surface area contributed by atoms with Crippen molar-refractivity contribution >= 4 is 22.6 Å². The molecule has 1 aromatic carbocycles. The minimum atomic E-state index is -0.329. The lowest BCUT2D eigenvalue weighted by atomic mass is 10.1. The zero-order valence-corrected chi connectivity index (χ0v) is 18.1. The molecule has 1 amide bonds. The third-order valence-corrected chi connectivity index (χ3v) is 5.05. The van der Waals surface area contributed by atoms with Crippen LogP contribution < -0.4 is 10.1 Å². The van der Waals surface area contributed by atoms with Gasteiger partial charge < -0.3 is 14.5 Å². The van der Waals surface area contributed by atoms with E-state index in [2.05, 4.69) is 15.4 Å². The molecule has 0 saturated carbocycles. The fourth-order valence-electron chi connectivity index (χ4n) is 3.49. The number of nitrogens with one attached hydrogen (secondary N) is 1. The lowest BCUT2D eigenvalue weighted by Crippen LogP contribution is -2.14. The van der Waals surface area contributed by atoms with Gasteiger partial charge in [-0.05, 0) is 56.3 Å². The molecule has 0 fully saturated rings. The van der Waals surface area contributed by atoms with Crippen LogP contribution in [0.3, 0.4) is 0 Å². The molecule has 8 nitrogen and oxygen atoms in total. The van der Waals surface area contributed by atoms with E-state index < -0.39 is 0 Å². The third-order valence-electron chi connectivity index (χ3n) is 5.05. The highest BCUT2D eigenvalue weighted by atomic mass is 16.5. The molecule has 0 unspecified atom stereocenters. The molecule has 0 aliphatic heterocycles. The van der Waals surface area contributed by atoms with E-state index in [4.69, 9.17) is 14.1 Å². The van der Waals surface area contributed by atoms with Crippen molar-refractivity contribution in [1.82, 2.24) is 19.7 Å². The molecule has 5 aromatic rings. The van der Waals surface area contributed by atoms with Crippen LogP contribution in [0.4, 0.5) is 5.69 Å². The van der Waals surface area contributed by atoms with Gasteiger partial charge in [0, 0.05) is 12.2 Å². The van der Waals surface area contributed by atoms with Crippen molar-refractivity contribution in [1.29, 1.82) is 0 Å². The number of ether oxygens (including phenoxy) is 1. The molecule has 1 N–H and O–H groups in total. The number of carbonyl (C=O) groups excluding carboxylic acids is 1. The average molecular weight is 439 g/mol. The standard InChI is InChI=1S/C25H21N5O3/c1-16(2)30-23-19(15-27-30)18(14-21(28-23)22-11-7-13-32-22)24(31)29-20-10-6-12-26-25(20)33-17-8-4-3-5-9-17/h3-16H,1-2H3,(H,29,31). The number of fused-ring (bicyclic) bond motifs is 1. The van der Waals surface area contributed by atoms with Gasteiger partial charge in [-0.3, -0.25) is 4.79 Å². The van der Waals surface area contributed by atoms with Gasteiger partial charge in [-0.1, -0.05) is 18.2 Å². The maximum Gasteiger partial charge on any atom is 0.256 e. The molecule has 0 bridgehead atoms. The number of anilines is 1. The Balaban J connectivity index is 1.54. The second-order valence-electron chi connectivity index (χ2n) is 7.68. The van der Waals surface area contributed by atoms with Crippen LogP contribution in [0, 0.1) is 0 Å². The predicted octanol–water partition coefficient (Wildman–Crippen LogP) is 5.71. The van der Waals surface area contributed by atoms with Crippen LogP contribution in [0.15, 0.2) is 83.7 Å². The van der Waals surface area contributed by atoms with Crippen molar-refractivity contribution in [3.8, 4) is 23.1 Å². The normalized spacial score (nSPS) is 11.1. The summed E-state index contributed by atoms with van der Waals surface area (Å²) in [6.07, 6.45) is 4.84. The molecule has 0 spiro atoms. The van der Waals surface area contributed by atoms with Crippen LogP contribution in [0.5, 0.6) is 11.6 Å². The van der Waals surface area contributed by atoms with Crippen molar-refractivity contribution in [3.05, 3.63) is 84.9 Å². The highest BCUT2D eigenvalue weighted by molar-refractivity contribution is 6.13. The summed E-state index contributed by atoms with van der Waals surface area (Å²) < 4.78 is 13.2. The molecule has 0 aliphatic carbocycles. The Bertz CT molecular complexity index is 1410.